The average Bonchev–Trinajstić information content (AvgIpc) is 2.89. The van der Waals surface area contributed by atoms with E-state index >= 15 is 0 Å². The summed E-state index contributed by atoms with van der Waals surface area (Å²) < 4.78 is 1.56. The lowest BCUT2D eigenvalue weighted by atomic mass is 10.1. The van der Waals surface area contributed by atoms with Gasteiger partial charge in [-0.3, -0.25) is 14.3 Å². The average molecular weight is 328 g/mol. The first-order valence-electron chi connectivity index (χ1n) is 8.13. The third-order valence-corrected chi connectivity index (χ3v) is 3.92. The van der Waals surface area contributed by atoms with Crippen molar-refractivity contribution in [2.24, 2.45) is 7.05 Å². The van der Waals surface area contributed by atoms with Crippen LogP contribution in [0.1, 0.15) is 35.6 Å². The summed E-state index contributed by atoms with van der Waals surface area (Å²) in [5.41, 5.74) is 2.93. The molecule has 6 nitrogen and oxygen atoms in total. The van der Waals surface area contributed by atoms with Crippen molar-refractivity contribution in [2.45, 2.75) is 27.2 Å². The van der Waals surface area contributed by atoms with Gasteiger partial charge in [-0.1, -0.05) is 12.1 Å². The number of carbonyl (C=O) groups excluding carboxylic acids is 2. The number of amides is 2. The van der Waals surface area contributed by atoms with Crippen LogP contribution in [0.25, 0.3) is 0 Å². The number of anilines is 1. The van der Waals surface area contributed by atoms with E-state index in [1.54, 1.807) is 22.7 Å². The third kappa shape index (κ3) is 4.22. The van der Waals surface area contributed by atoms with Crippen LogP contribution < -0.4 is 5.32 Å². The molecule has 0 unspecified atom stereocenters. The van der Waals surface area contributed by atoms with E-state index < -0.39 is 0 Å². The Kier molecular flexibility index (Phi) is 5.73. The number of hydrogen-bond acceptors (Lipinski definition) is 3. The van der Waals surface area contributed by atoms with E-state index in [0.29, 0.717) is 30.9 Å². The maximum Gasteiger partial charge on any atom is 0.273 e. The molecule has 0 radical (unpaired) electrons. The molecule has 0 aliphatic rings. The normalized spacial score (nSPS) is 10.5. The molecule has 1 heterocycles. The highest BCUT2D eigenvalue weighted by Gasteiger charge is 2.13. The van der Waals surface area contributed by atoms with Crippen LogP contribution >= 0.6 is 0 Å². The number of aryl methyl sites for hydroxylation is 2. The fourth-order valence-electron chi connectivity index (χ4n) is 2.59. The summed E-state index contributed by atoms with van der Waals surface area (Å²) in [6.45, 7) is 7.22. The Bertz CT molecular complexity index is 715. The van der Waals surface area contributed by atoms with Crippen LogP contribution in [0.4, 0.5) is 5.69 Å². The number of benzene rings is 1. The fraction of sp³-hybridized carbons (Fsp3) is 0.389. The van der Waals surface area contributed by atoms with Gasteiger partial charge in [0.1, 0.15) is 5.69 Å². The van der Waals surface area contributed by atoms with Gasteiger partial charge in [0.05, 0.1) is 12.1 Å². The van der Waals surface area contributed by atoms with Crippen LogP contribution in [-0.4, -0.2) is 39.6 Å². The zero-order chi connectivity index (χ0) is 17.7. The van der Waals surface area contributed by atoms with Gasteiger partial charge in [-0.25, -0.2) is 0 Å². The van der Waals surface area contributed by atoms with E-state index in [4.69, 9.17) is 0 Å². The molecule has 2 aromatic rings. The van der Waals surface area contributed by atoms with Crippen LogP contribution in [0.3, 0.4) is 0 Å². The molecule has 2 rings (SSSR count). The molecule has 1 aromatic carbocycles. The molecular weight excluding hydrogens is 304 g/mol. The molecule has 24 heavy (non-hydrogen) atoms. The van der Waals surface area contributed by atoms with Crippen molar-refractivity contribution in [3.8, 4) is 0 Å². The SMILES string of the molecule is CCN(CC)C(=O)Cc1ccc(NC(=O)c2cc(C)nn2C)cc1. The first-order valence-corrected chi connectivity index (χ1v) is 8.13. The van der Waals surface area contributed by atoms with Gasteiger partial charge < -0.3 is 10.2 Å². The van der Waals surface area contributed by atoms with Gasteiger partial charge in [-0.15, -0.1) is 0 Å². The molecule has 0 saturated carbocycles. The van der Waals surface area contributed by atoms with Crippen LogP contribution in [0.5, 0.6) is 0 Å². The van der Waals surface area contributed by atoms with Gasteiger partial charge in [0, 0.05) is 25.8 Å². The molecule has 2 amide bonds. The first kappa shape index (κ1) is 17.7. The predicted octanol–water partition coefficient (Wildman–Crippen LogP) is 2.39. The topological polar surface area (TPSA) is 67.2 Å². The zero-order valence-electron chi connectivity index (χ0n) is 14.7. The van der Waals surface area contributed by atoms with Gasteiger partial charge >= 0.3 is 0 Å². The summed E-state index contributed by atoms with van der Waals surface area (Å²) >= 11 is 0. The highest BCUT2D eigenvalue weighted by molar-refractivity contribution is 6.03. The van der Waals surface area contributed by atoms with E-state index in [9.17, 15) is 9.59 Å². The van der Waals surface area contributed by atoms with Gasteiger partial charge in [0.15, 0.2) is 0 Å². The van der Waals surface area contributed by atoms with Crippen molar-refractivity contribution in [1.82, 2.24) is 14.7 Å². The second-order valence-electron chi connectivity index (χ2n) is 5.69. The fourth-order valence-corrected chi connectivity index (χ4v) is 2.59. The molecule has 6 heteroatoms. The van der Waals surface area contributed by atoms with Crippen molar-refractivity contribution in [2.75, 3.05) is 18.4 Å². The van der Waals surface area contributed by atoms with E-state index in [1.807, 2.05) is 45.0 Å². The van der Waals surface area contributed by atoms with Crippen LogP contribution in [0, 0.1) is 6.92 Å². The number of hydrogen-bond donors (Lipinski definition) is 1. The van der Waals surface area contributed by atoms with Gasteiger partial charge in [-0.2, -0.15) is 5.10 Å². The molecule has 0 spiro atoms. The minimum atomic E-state index is -0.204. The monoisotopic (exact) mass is 328 g/mol. The summed E-state index contributed by atoms with van der Waals surface area (Å²) in [6.07, 6.45) is 0.372. The maximum absolute atomic E-state index is 12.2. The Balaban J connectivity index is 2.00. The Morgan fingerprint density at radius 3 is 2.29 bits per heavy atom. The molecule has 0 bridgehead atoms. The number of rotatable bonds is 6. The second-order valence-corrected chi connectivity index (χ2v) is 5.69. The number of nitrogens with zero attached hydrogens (tertiary/aromatic N) is 3. The summed E-state index contributed by atoms with van der Waals surface area (Å²) in [5.74, 6) is -0.0905. The van der Waals surface area contributed by atoms with Crippen molar-refractivity contribution in [3.05, 3.63) is 47.3 Å². The van der Waals surface area contributed by atoms with Gasteiger partial charge in [0.2, 0.25) is 5.91 Å². The maximum atomic E-state index is 12.2. The Morgan fingerprint density at radius 1 is 1.17 bits per heavy atom. The van der Waals surface area contributed by atoms with Crippen molar-refractivity contribution in [3.63, 3.8) is 0 Å². The molecule has 1 aromatic heterocycles. The third-order valence-electron chi connectivity index (χ3n) is 3.92. The predicted molar refractivity (Wildman–Crippen MR) is 94.0 cm³/mol. The molecule has 0 aliphatic heterocycles. The number of carbonyl (C=O) groups is 2. The number of nitrogens with one attached hydrogen (secondary N) is 1. The summed E-state index contributed by atoms with van der Waals surface area (Å²) in [6, 6.07) is 9.10. The highest BCUT2D eigenvalue weighted by Crippen LogP contribution is 2.13. The summed E-state index contributed by atoms with van der Waals surface area (Å²) in [7, 11) is 1.74. The lowest BCUT2D eigenvalue weighted by Crippen LogP contribution is -2.31. The zero-order valence-corrected chi connectivity index (χ0v) is 14.7. The largest absolute Gasteiger partial charge is 0.343 e. The molecule has 0 atom stereocenters. The highest BCUT2D eigenvalue weighted by atomic mass is 16.2. The van der Waals surface area contributed by atoms with Crippen LogP contribution in [0.2, 0.25) is 0 Å². The van der Waals surface area contributed by atoms with E-state index in [1.165, 1.54) is 0 Å². The lowest BCUT2D eigenvalue weighted by Gasteiger charge is -2.18. The van der Waals surface area contributed by atoms with Crippen molar-refractivity contribution in [1.29, 1.82) is 0 Å². The minimum absolute atomic E-state index is 0.113. The first-order chi connectivity index (χ1) is 11.4. The van der Waals surface area contributed by atoms with Gasteiger partial charge in [0.25, 0.3) is 5.91 Å². The molecule has 0 aliphatic carbocycles. The smallest absolute Gasteiger partial charge is 0.273 e. The van der Waals surface area contributed by atoms with Gasteiger partial charge in [-0.05, 0) is 44.5 Å². The molecular formula is C18H24N4O2. The lowest BCUT2D eigenvalue weighted by molar-refractivity contribution is -0.130. The minimum Gasteiger partial charge on any atom is -0.343 e. The van der Waals surface area contributed by atoms with Crippen molar-refractivity contribution < 1.29 is 9.59 Å². The molecule has 1 N–H and O–H groups in total. The summed E-state index contributed by atoms with van der Waals surface area (Å²) in [4.78, 5) is 26.2. The number of aromatic nitrogens is 2. The Hall–Kier alpha value is -2.63. The summed E-state index contributed by atoms with van der Waals surface area (Å²) in [5, 5.41) is 7.01. The van der Waals surface area contributed by atoms with E-state index in [0.717, 1.165) is 11.3 Å². The Labute approximate surface area is 142 Å². The number of likely N-dealkylation sites (N-methyl/N-ethyl adjacent to an activating group) is 1. The van der Waals surface area contributed by atoms with Crippen LogP contribution in [0.15, 0.2) is 30.3 Å². The van der Waals surface area contributed by atoms with Crippen molar-refractivity contribution >= 4 is 17.5 Å². The van der Waals surface area contributed by atoms with E-state index in [2.05, 4.69) is 10.4 Å². The quantitative estimate of drug-likeness (QED) is 0.885. The molecule has 0 saturated heterocycles. The molecule has 0 fully saturated rings. The standard InChI is InChI=1S/C18H24N4O2/c1-5-22(6-2)17(23)12-14-7-9-15(10-8-14)19-18(24)16-11-13(3)20-21(16)4/h7-11H,5-6,12H2,1-4H3,(H,19,24). The van der Waals surface area contributed by atoms with Crippen LogP contribution in [-0.2, 0) is 18.3 Å². The molecule has 128 valence electrons. The second kappa shape index (κ2) is 7.77. The Morgan fingerprint density at radius 2 is 1.79 bits per heavy atom. The van der Waals surface area contributed by atoms with E-state index in [-0.39, 0.29) is 11.8 Å².